The number of hydrogen-bond donors (Lipinski definition) is 1. The van der Waals surface area contributed by atoms with Crippen molar-refractivity contribution in [1.29, 1.82) is 0 Å². The van der Waals surface area contributed by atoms with Gasteiger partial charge < -0.3 is 14.5 Å². The molecule has 2 aliphatic heterocycles. The number of aromatic nitrogens is 1. The Hall–Kier alpha value is -2.44. The van der Waals surface area contributed by atoms with Gasteiger partial charge in [0.1, 0.15) is 26.2 Å². The van der Waals surface area contributed by atoms with E-state index in [1.807, 2.05) is 35.4 Å². The molecule has 2 aromatic rings. The zero-order valence-corrected chi connectivity index (χ0v) is 15.6. The summed E-state index contributed by atoms with van der Waals surface area (Å²) in [7, 11) is 0. The van der Waals surface area contributed by atoms with Crippen LogP contribution in [0.4, 0.5) is 5.82 Å². The Morgan fingerprint density at radius 1 is 0.963 bits per heavy atom. The summed E-state index contributed by atoms with van der Waals surface area (Å²) < 4.78 is 5.43. The number of hydrogen-bond acceptors (Lipinski definition) is 3. The second-order valence-corrected chi connectivity index (χ2v) is 7.17. The molecule has 6 heteroatoms. The molecule has 27 heavy (non-hydrogen) atoms. The van der Waals surface area contributed by atoms with E-state index in [4.69, 9.17) is 4.74 Å². The van der Waals surface area contributed by atoms with Crippen LogP contribution in [0.25, 0.3) is 0 Å². The summed E-state index contributed by atoms with van der Waals surface area (Å²) in [5.74, 6) is 1.38. The summed E-state index contributed by atoms with van der Waals surface area (Å²) >= 11 is 0. The van der Waals surface area contributed by atoms with Gasteiger partial charge in [0.25, 0.3) is 11.7 Å². The maximum atomic E-state index is 13.4. The average molecular weight is 368 g/mol. The summed E-state index contributed by atoms with van der Waals surface area (Å²) in [5.41, 5.74) is 1.11. The van der Waals surface area contributed by atoms with E-state index in [-0.39, 0.29) is 11.9 Å². The lowest BCUT2D eigenvalue weighted by Gasteiger charge is -2.36. The van der Waals surface area contributed by atoms with Gasteiger partial charge in [-0.1, -0.05) is 36.4 Å². The number of nitrogens with zero attached hydrogens (tertiary/aromatic N) is 2. The fraction of sp³-hybridized carbons (Fsp3) is 0.429. The number of pyridine rings is 1. The van der Waals surface area contributed by atoms with Crippen LogP contribution in [0, 0.1) is 0 Å². The number of ether oxygens (including phenoxy) is 1. The number of anilines is 1. The van der Waals surface area contributed by atoms with Gasteiger partial charge in [-0.15, -0.1) is 0 Å². The van der Waals surface area contributed by atoms with Gasteiger partial charge in [-0.05, 0) is 6.07 Å². The SMILES string of the molecule is O=C([C@@H](c1ccccc1)[NH+]1CCN(c2cccc[nH+]2)CC1)N1CCOCC1. The number of aromatic amines is 1. The van der Waals surface area contributed by atoms with Crippen LogP contribution >= 0.6 is 0 Å². The van der Waals surface area contributed by atoms with Crippen molar-refractivity contribution in [3.8, 4) is 0 Å². The largest absolute Gasteiger partial charge is 0.378 e. The molecule has 0 aliphatic carbocycles. The van der Waals surface area contributed by atoms with Crippen molar-refractivity contribution in [2.75, 3.05) is 57.4 Å². The molecular weight excluding hydrogens is 340 g/mol. The Bertz CT molecular complexity index is 726. The fourth-order valence-electron chi connectivity index (χ4n) is 4.07. The number of H-pyrrole nitrogens is 1. The lowest BCUT2D eigenvalue weighted by Crippen LogP contribution is -3.16. The van der Waals surface area contributed by atoms with Crippen molar-refractivity contribution in [2.24, 2.45) is 0 Å². The smallest absolute Gasteiger partial charge is 0.285 e. The third kappa shape index (κ3) is 4.12. The molecule has 1 aromatic carbocycles. The van der Waals surface area contributed by atoms with Gasteiger partial charge in [-0.3, -0.25) is 9.69 Å². The average Bonchev–Trinajstić information content (AvgIpc) is 2.76. The quantitative estimate of drug-likeness (QED) is 0.814. The summed E-state index contributed by atoms with van der Waals surface area (Å²) in [6, 6.07) is 16.3. The fourth-order valence-corrected chi connectivity index (χ4v) is 4.07. The van der Waals surface area contributed by atoms with Gasteiger partial charge >= 0.3 is 0 Å². The van der Waals surface area contributed by atoms with Crippen LogP contribution in [-0.2, 0) is 9.53 Å². The molecule has 3 heterocycles. The number of piperazine rings is 1. The molecule has 0 bridgehead atoms. The van der Waals surface area contributed by atoms with Crippen molar-refractivity contribution < 1.29 is 19.4 Å². The molecule has 0 unspecified atom stereocenters. The predicted octanol–water partition coefficient (Wildman–Crippen LogP) is -0.194. The van der Waals surface area contributed by atoms with Crippen LogP contribution in [0.5, 0.6) is 0 Å². The first kappa shape index (κ1) is 17.9. The molecule has 1 amide bonds. The molecule has 2 aliphatic rings. The molecule has 142 valence electrons. The topological polar surface area (TPSA) is 51.4 Å². The second kappa shape index (κ2) is 8.50. The lowest BCUT2D eigenvalue weighted by molar-refractivity contribution is -0.923. The molecule has 6 nitrogen and oxygen atoms in total. The maximum absolute atomic E-state index is 13.4. The highest BCUT2D eigenvalue weighted by Gasteiger charge is 2.38. The van der Waals surface area contributed by atoms with Gasteiger partial charge in [0, 0.05) is 24.7 Å². The normalized spacial score (nSPS) is 19.7. The van der Waals surface area contributed by atoms with Crippen LogP contribution in [0.3, 0.4) is 0 Å². The molecule has 1 atom stereocenters. The first-order valence-corrected chi connectivity index (χ1v) is 9.80. The van der Waals surface area contributed by atoms with Crippen LogP contribution in [0.2, 0.25) is 0 Å². The van der Waals surface area contributed by atoms with E-state index in [1.54, 1.807) is 0 Å². The Morgan fingerprint density at radius 2 is 1.67 bits per heavy atom. The van der Waals surface area contributed by atoms with Gasteiger partial charge in [-0.25, -0.2) is 4.98 Å². The van der Waals surface area contributed by atoms with E-state index in [9.17, 15) is 4.79 Å². The van der Waals surface area contributed by atoms with Gasteiger partial charge in [0.05, 0.1) is 19.4 Å². The van der Waals surface area contributed by atoms with E-state index in [2.05, 4.69) is 34.1 Å². The monoisotopic (exact) mass is 368 g/mol. The molecule has 0 spiro atoms. The Morgan fingerprint density at radius 3 is 2.33 bits per heavy atom. The number of morpholine rings is 1. The third-order valence-electron chi connectivity index (χ3n) is 5.55. The number of amides is 1. The zero-order valence-electron chi connectivity index (χ0n) is 15.6. The molecule has 4 rings (SSSR count). The highest BCUT2D eigenvalue weighted by molar-refractivity contribution is 5.82. The number of carbonyl (C=O) groups excluding carboxylic acids is 1. The number of rotatable bonds is 4. The Labute approximate surface area is 160 Å². The summed E-state index contributed by atoms with van der Waals surface area (Å²) in [4.78, 5) is 22.4. The number of benzene rings is 1. The number of carbonyl (C=O) groups is 1. The van der Waals surface area contributed by atoms with E-state index in [1.165, 1.54) is 4.90 Å². The van der Waals surface area contributed by atoms with Gasteiger partial charge in [0.2, 0.25) is 0 Å². The minimum atomic E-state index is -0.133. The van der Waals surface area contributed by atoms with E-state index < -0.39 is 0 Å². The van der Waals surface area contributed by atoms with Crippen molar-refractivity contribution in [3.63, 3.8) is 0 Å². The van der Waals surface area contributed by atoms with Crippen molar-refractivity contribution in [3.05, 3.63) is 60.3 Å². The second-order valence-electron chi connectivity index (χ2n) is 7.17. The van der Waals surface area contributed by atoms with Crippen LogP contribution in [0.1, 0.15) is 11.6 Å². The standard InChI is InChI=1S/C21H26N4O2/c26-21(25-14-16-27-17-15-25)20(18-6-2-1-3-7-18)24-12-10-23(11-13-24)19-8-4-5-9-22-19/h1-9,20H,10-17H2/p+2/t20-/m1/s1. The summed E-state index contributed by atoms with van der Waals surface area (Å²) in [6.07, 6.45) is 1.96. The predicted molar refractivity (Wildman–Crippen MR) is 102 cm³/mol. The minimum absolute atomic E-state index is 0.133. The maximum Gasteiger partial charge on any atom is 0.285 e. The molecule has 0 radical (unpaired) electrons. The molecule has 2 saturated heterocycles. The Balaban J connectivity index is 1.50. The molecule has 0 saturated carbocycles. The number of nitrogens with one attached hydrogen (secondary N) is 2. The molecule has 2 N–H and O–H groups in total. The molecule has 2 fully saturated rings. The number of quaternary nitrogens is 1. The van der Waals surface area contributed by atoms with E-state index >= 15 is 0 Å². The van der Waals surface area contributed by atoms with Gasteiger partial charge in [-0.2, -0.15) is 0 Å². The van der Waals surface area contributed by atoms with Crippen molar-refractivity contribution in [1.82, 2.24) is 4.90 Å². The third-order valence-corrected chi connectivity index (χ3v) is 5.55. The minimum Gasteiger partial charge on any atom is -0.378 e. The first-order valence-electron chi connectivity index (χ1n) is 9.80. The van der Waals surface area contributed by atoms with Crippen molar-refractivity contribution >= 4 is 11.7 Å². The molecular formula is C21H28N4O2+2. The van der Waals surface area contributed by atoms with Crippen LogP contribution in [-0.4, -0.2) is 63.3 Å². The first-order chi connectivity index (χ1) is 13.3. The summed E-state index contributed by atoms with van der Waals surface area (Å²) in [5, 5.41) is 0. The van der Waals surface area contributed by atoms with E-state index in [0.717, 1.165) is 37.6 Å². The highest BCUT2D eigenvalue weighted by Crippen LogP contribution is 2.15. The van der Waals surface area contributed by atoms with Crippen LogP contribution in [0.15, 0.2) is 54.7 Å². The zero-order chi connectivity index (χ0) is 18.5. The van der Waals surface area contributed by atoms with Gasteiger partial charge in [0.15, 0.2) is 6.04 Å². The van der Waals surface area contributed by atoms with Crippen molar-refractivity contribution in [2.45, 2.75) is 6.04 Å². The van der Waals surface area contributed by atoms with Crippen LogP contribution < -0.4 is 14.8 Å². The highest BCUT2D eigenvalue weighted by atomic mass is 16.5. The Kier molecular flexibility index (Phi) is 5.65. The van der Waals surface area contributed by atoms with E-state index in [0.29, 0.717) is 26.3 Å². The molecule has 1 aromatic heterocycles. The summed E-state index contributed by atoms with van der Waals surface area (Å²) in [6.45, 7) is 6.43. The lowest BCUT2D eigenvalue weighted by atomic mass is 10.0.